The fraction of sp³-hybridized carbons (Fsp3) is 0. The Hall–Kier alpha value is -6.48. The maximum atomic E-state index is 2.44. The topological polar surface area (TPSA) is 3.24 Å². The Labute approximate surface area is 307 Å². The van der Waals surface area contributed by atoms with Crippen molar-refractivity contribution < 1.29 is 0 Å². The minimum absolute atomic E-state index is 1.12. The standard InChI is InChI=1S/C50H33NS/c1-3-12-34(13-4-1)36-22-26-39(27-23-36)51(40-28-24-37(25-29-40)35-14-5-2-6-15-35)41-30-31-49-47(32-41)48-33-46(44-19-9-10-20-45(44)50(48)52-49)43-21-11-17-38-16-7-8-18-42(38)43/h1-33H. The molecule has 0 radical (unpaired) electrons. The van der Waals surface area contributed by atoms with Crippen molar-refractivity contribution in [1.29, 1.82) is 0 Å². The second-order valence-electron chi connectivity index (χ2n) is 13.3. The van der Waals surface area contributed by atoms with Crippen molar-refractivity contribution in [2.24, 2.45) is 0 Å². The molecule has 0 atom stereocenters. The van der Waals surface area contributed by atoms with Crippen LogP contribution in [0.1, 0.15) is 0 Å². The van der Waals surface area contributed by atoms with E-state index >= 15 is 0 Å². The predicted molar refractivity (Wildman–Crippen MR) is 225 cm³/mol. The van der Waals surface area contributed by atoms with Crippen LogP contribution in [0.5, 0.6) is 0 Å². The lowest BCUT2D eigenvalue weighted by Gasteiger charge is -2.26. The van der Waals surface area contributed by atoms with Gasteiger partial charge in [-0.05, 0) is 98.1 Å². The van der Waals surface area contributed by atoms with Crippen LogP contribution in [0, 0.1) is 0 Å². The molecule has 9 aromatic carbocycles. The number of fused-ring (bicyclic) bond motifs is 6. The summed E-state index contributed by atoms with van der Waals surface area (Å²) in [7, 11) is 0. The van der Waals surface area contributed by atoms with Gasteiger partial charge in [-0.25, -0.2) is 0 Å². The van der Waals surface area contributed by atoms with Crippen LogP contribution in [0.2, 0.25) is 0 Å². The molecule has 0 bridgehead atoms. The Morgan fingerprint density at radius 1 is 0.308 bits per heavy atom. The summed E-state index contributed by atoms with van der Waals surface area (Å²) < 4.78 is 2.62. The van der Waals surface area contributed by atoms with Crippen LogP contribution in [-0.2, 0) is 0 Å². The van der Waals surface area contributed by atoms with Gasteiger partial charge in [0.15, 0.2) is 0 Å². The van der Waals surface area contributed by atoms with Gasteiger partial charge in [0.05, 0.1) is 0 Å². The van der Waals surface area contributed by atoms with Crippen molar-refractivity contribution in [1.82, 2.24) is 0 Å². The molecule has 0 saturated carbocycles. The minimum atomic E-state index is 1.12. The van der Waals surface area contributed by atoms with E-state index in [1.165, 1.54) is 75.1 Å². The molecule has 2 heteroatoms. The molecule has 1 nitrogen and oxygen atoms in total. The summed E-state index contributed by atoms with van der Waals surface area (Å²) in [5.74, 6) is 0. The summed E-state index contributed by atoms with van der Waals surface area (Å²) in [4.78, 5) is 2.39. The zero-order valence-corrected chi connectivity index (χ0v) is 29.2. The minimum Gasteiger partial charge on any atom is -0.310 e. The van der Waals surface area contributed by atoms with Crippen molar-refractivity contribution in [2.45, 2.75) is 0 Å². The molecule has 10 aromatic rings. The Kier molecular flexibility index (Phi) is 7.41. The third-order valence-corrected chi connectivity index (χ3v) is 11.5. The van der Waals surface area contributed by atoms with E-state index in [0.717, 1.165) is 17.1 Å². The van der Waals surface area contributed by atoms with Gasteiger partial charge in [0.25, 0.3) is 0 Å². The SMILES string of the molecule is c1ccc(-c2ccc(N(c3ccc(-c4ccccc4)cc3)c3ccc4sc5c6ccccc6c(-c6cccc7ccccc67)cc5c4c3)cc2)cc1. The zero-order chi connectivity index (χ0) is 34.4. The van der Waals surface area contributed by atoms with Gasteiger partial charge in [0.1, 0.15) is 0 Å². The highest BCUT2D eigenvalue weighted by Crippen LogP contribution is 2.46. The van der Waals surface area contributed by atoms with E-state index in [2.05, 4.69) is 205 Å². The molecule has 1 heterocycles. The summed E-state index contributed by atoms with van der Waals surface area (Å²) in [6, 6.07) is 72.8. The quantitative estimate of drug-likeness (QED) is 0.169. The van der Waals surface area contributed by atoms with Crippen LogP contribution < -0.4 is 4.90 Å². The molecule has 0 saturated heterocycles. The summed E-state index contributed by atoms with van der Waals surface area (Å²) in [6.07, 6.45) is 0. The second kappa shape index (κ2) is 12.7. The predicted octanol–water partition coefficient (Wildman–Crippen LogP) is 14.8. The molecule has 1 aromatic heterocycles. The fourth-order valence-electron chi connectivity index (χ4n) is 7.72. The number of anilines is 3. The first kappa shape index (κ1) is 30.4. The van der Waals surface area contributed by atoms with Gasteiger partial charge in [-0.1, -0.05) is 152 Å². The molecule has 0 fully saturated rings. The highest BCUT2D eigenvalue weighted by Gasteiger charge is 2.18. The Morgan fingerprint density at radius 3 is 1.48 bits per heavy atom. The maximum absolute atomic E-state index is 2.44. The molecule has 0 amide bonds. The van der Waals surface area contributed by atoms with E-state index in [9.17, 15) is 0 Å². The molecule has 244 valence electrons. The average molecular weight is 680 g/mol. The molecular weight excluding hydrogens is 647 g/mol. The van der Waals surface area contributed by atoms with Crippen molar-refractivity contribution in [3.05, 3.63) is 200 Å². The molecule has 0 aliphatic carbocycles. The van der Waals surface area contributed by atoms with Crippen LogP contribution >= 0.6 is 11.3 Å². The number of benzene rings is 9. The van der Waals surface area contributed by atoms with E-state index < -0.39 is 0 Å². The van der Waals surface area contributed by atoms with E-state index in [-0.39, 0.29) is 0 Å². The first-order valence-corrected chi connectivity index (χ1v) is 18.6. The average Bonchev–Trinajstić information content (AvgIpc) is 3.60. The molecule has 0 spiro atoms. The second-order valence-corrected chi connectivity index (χ2v) is 14.4. The number of rotatable bonds is 6. The lowest BCUT2D eigenvalue weighted by atomic mass is 9.92. The van der Waals surface area contributed by atoms with Crippen molar-refractivity contribution in [2.75, 3.05) is 4.90 Å². The van der Waals surface area contributed by atoms with Gasteiger partial charge >= 0.3 is 0 Å². The summed E-state index contributed by atoms with van der Waals surface area (Å²) in [5.41, 5.74) is 10.8. The number of nitrogens with zero attached hydrogens (tertiary/aromatic N) is 1. The van der Waals surface area contributed by atoms with Gasteiger partial charge in [0.2, 0.25) is 0 Å². The molecule has 10 rings (SSSR count). The molecule has 0 aliphatic heterocycles. The molecule has 52 heavy (non-hydrogen) atoms. The number of hydrogen-bond donors (Lipinski definition) is 0. The monoisotopic (exact) mass is 679 g/mol. The van der Waals surface area contributed by atoms with E-state index in [4.69, 9.17) is 0 Å². The number of thiophene rings is 1. The van der Waals surface area contributed by atoms with Crippen LogP contribution in [0.15, 0.2) is 200 Å². The first-order valence-electron chi connectivity index (χ1n) is 17.8. The van der Waals surface area contributed by atoms with Gasteiger partial charge in [0, 0.05) is 42.6 Å². The van der Waals surface area contributed by atoms with Gasteiger partial charge in [-0.2, -0.15) is 0 Å². The lowest BCUT2D eigenvalue weighted by Crippen LogP contribution is -2.09. The Bertz CT molecular complexity index is 2780. The van der Waals surface area contributed by atoms with Gasteiger partial charge < -0.3 is 4.90 Å². The first-order chi connectivity index (χ1) is 25.8. The van der Waals surface area contributed by atoms with Gasteiger partial charge in [-0.3, -0.25) is 0 Å². The molecular formula is C50H33NS. The van der Waals surface area contributed by atoms with Crippen molar-refractivity contribution >= 4 is 70.1 Å². The normalized spacial score (nSPS) is 11.5. The van der Waals surface area contributed by atoms with Crippen LogP contribution in [0.4, 0.5) is 17.1 Å². The highest BCUT2D eigenvalue weighted by molar-refractivity contribution is 7.26. The van der Waals surface area contributed by atoms with Gasteiger partial charge in [-0.15, -0.1) is 11.3 Å². The highest BCUT2D eigenvalue weighted by atomic mass is 32.1. The van der Waals surface area contributed by atoms with E-state index in [1.807, 2.05) is 11.3 Å². The van der Waals surface area contributed by atoms with Crippen LogP contribution in [0.3, 0.4) is 0 Å². The maximum Gasteiger partial charge on any atom is 0.0468 e. The zero-order valence-electron chi connectivity index (χ0n) is 28.4. The number of hydrogen-bond acceptors (Lipinski definition) is 2. The summed E-state index contributed by atoms with van der Waals surface area (Å²) in [5, 5.41) is 7.69. The largest absolute Gasteiger partial charge is 0.310 e. The molecule has 0 aliphatic rings. The summed E-state index contributed by atoms with van der Waals surface area (Å²) in [6.45, 7) is 0. The Balaban J connectivity index is 1.16. The molecule has 0 unspecified atom stereocenters. The van der Waals surface area contributed by atoms with E-state index in [0.29, 0.717) is 0 Å². The fourth-order valence-corrected chi connectivity index (χ4v) is 8.92. The molecule has 0 N–H and O–H groups in total. The third-order valence-electron chi connectivity index (χ3n) is 10.3. The Morgan fingerprint density at radius 2 is 0.827 bits per heavy atom. The van der Waals surface area contributed by atoms with Crippen LogP contribution in [0.25, 0.3) is 75.1 Å². The summed E-state index contributed by atoms with van der Waals surface area (Å²) >= 11 is 1.89. The van der Waals surface area contributed by atoms with E-state index in [1.54, 1.807) is 0 Å². The van der Waals surface area contributed by atoms with Crippen molar-refractivity contribution in [3.8, 4) is 33.4 Å². The smallest absolute Gasteiger partial charge is 0.0468 e. The van der Waals surface area contributed by atoms with Crippen molar-refractivity contribution in [3.63, 3.8) is 0 Å². The van der Waals surface area contributed by atoms with Crippen LogP contribution in [-0.4, -0.2) is 0 Å². The lowest BCUT2D eigenvalue weighted by molar-refractivity contribution is 1.29. The third kappa shape index (κ3) is 5.24.